The lowest BCUT2D eigenvalue weighted by Gasteiger charge is -2.18. The molecule has 0 saturated carbocycles. The van der Waals surface area contributed by atoms with Gasteiger partial charge in [0.2, 0.25) is 0 Å². The molecular formula is C11H17NO. The monoisotopic (exact) mass is 179 g/mol. The first-order valence-electron chi connectivity index (χ1n) is 4.57. The molecule has 0 aliphatic rings. The average Bonchev–Trinajstić information content (AvgIpc) is 2.17. The van der Waals surface area contributed by atoms with Crippen LogP contribution in [-0.4, -0.2) is 18.2 Å². The molecule has 13 heavy (non-hydrogen) atoms. The number of benzene rings is 1. The van der Waals surface area contributed by atoms with Crippen molar-refractivity contribution in [2.75, 3.05) is 7.05 Å². The molecule has 2 N–H and O–H groups in total. The Hall–Kier alpha value is -0.860. The maximum atomic E-state index is 9.82. The molecule has 1 aromatic carbocycles. The standard InChI is InChI=1S/C11H17NO/c1-8-4-6-10(7-5-8)11(13)9(2)12-3/h4-7,9,11-13H,1-3H3. The Morgan fingerprint density at radius 3 is 2.23 bits per heavy atom. The van der Waals surface area contributed by atoms with Gasteiger partial charge in [0.15, 0.2) is 0 Å². The second-order valence-electron chi connectivity index (χ2n) is 3.43. The molecule has 2 atom stereocenters. The third-order valence-corrected chi connectivity index (χ3v) is 2.35. The molecule has 0 aliphatic carbocycles. The van der Waals surface area contributed by atoms with Gasteiger partial charge in [0.25, 0.3) is 0 Å². The largest absolute Gasteiger partial charge is 0.387 e. The molecule has 0 radical (unpaired) electrons. The molecule has 1 aromatic rings. The van der Waals surface area contributed by atoms with Crippen molar-refractivity contribution in [2.24, 2.45) is 0 Å². The number of nitrogens with one attached hydrogen (secondary N) is 1. The third kappa shape index (κ3) is 2.54. The first-order chi connectivity index (χ1) is 6.15. The molecule has 72 valence electrons. The lowest BCUT2D eigenvalue weighted by Crippen LogP contribution is -2.28. The molecule has 0 heterocycles. The highest BCUT2D eigenvalue weighted by molar-refractivity contribution is 5.23. The fourth-order valence-corrected chi connectivity index (χ4v) is 1.21. The molecule has 2 nitrogen and oxygen atoms in total. The molecular weight excluding hydrogens is 162 g/mol. The summed E-state index contributed by atoms with van der Waals surface area (Å²) in [5.74, 6) is 0. The lowest BCUT2D eigenvalue weighted by molar-refractivity contribution is 0.140. The maximum absolute atomic E-state index is 9.82. The van der Waals surface area contributed by atoms with E-state index < -0.39 is 6.10 Å². The minimum atomic E-state index is -0.425. The lowest BCUT2D eigenvalue weighted by atomic mass is 10.0. The fourth-order valence-electron chi connectivity index (χ4n) is 1.21. The number of aryl methyl sites for hydroxylation is 1. The molecule has 0 aromatic heterocycles. The topological polar surface area (TPSA) is 32.3 Å². The first-order valence-corrected chi connectivity index (χ1v) is 4.57. The number of aliphatic hydroxyl groups is 1. The van der Waals surface area contributed by atoms with E-state index in [4.69, 9.17) is 0 Å². The van der Waals surface area contributed by atoms with Crippen LogP contribution >= 0.6 is 0 Å². The van der Waals surface area contributed by atoms with Crippen molar-refractivity contribution in [1.29, 1.82) is 0 Å². The van der Waals surface area contributed by atoms with Crippen LogP contribution in [0.5, 0.6) is 0 Å². The minimum Gasteiger partial charge on any atom is -0.387 e. The maximum Gasteiger partial charge on any atom is 0.0940 e. The highest BCUT2D eigenvalue weighted by Gasteiger charge is 2.13. The van der Waals surface area contributed by atoms with Gasteiger partial charge in [-0.05, 0) is 26.5 Å². The third-order valence-electron chi connectivity index (χ3n) is 2.35. The van der Waals surface area contributed by atoms with Crippen LogP contribution in [-0.2, 0) is 0 Å². The molecule has 0 fully saturated rings. The van der Waals surface area contributed by atoms with Crippen molar-refractivity contribution < 1.29 is 5.11 Å². The zero-order chi connectivity index (χ0) is 9.84. The van der Waals surface area contributed by atoms with Crippen molar-refractivity contribution in [2.45, 2.75) is 26.0 Å². The summed E-state index contributed by atoms with van der Waals surface area (Å²) in [5.41, 5.74) is 2.18. The average molecular weight is 179 g/mol. The van der Waals surface area contributed by atoms with E-state index in [2.05, 4.69) is 5.32 Å². The van der Waals surface area contributed by atoms with E-state index in [1.165, 1.54) is 5.56 Å². The van der Waals surface area contributed by atoms with Crippen LogP contribution in [0.2, 0.25) is 0 Å². The Morgan fingerprint density at radius 1 is 1.23 bits per heavy atom. The first kappa shape index (κ1) is 10.2. The summed E-state index contributed by atoms with van der Waals surface area (Å²) in [7, 11) is 1.85. The van der Waals surface area contributed by atoms with Gasteiger partial charge >= 0.3 is 0 Å². The van der Waals surface area contributed by atoms with Crippen LogP contribution in [0.3, 0.4) is 0 Å². The van der Waals surface area contributed by atoms with Gasteiger partial charge in [0.1, 0.15) is 0 Å². The molecule has 2 heteroatoms. The molecule has 1 rings (SSSR count). The van der Waals surface area contributed by atoms with Gasteiger partial charge in [-0.15, -0.1) is 0 Å². The number of hydrogen-bond acceptors (Lipinski definition) is 2. The Morgan fingerprint density at radius 2 is 1.77 bits per heavy atom. The van der Waals surface area contributed by atoms with E-state index in [0.717, 1.165) is 5.56 Å². The molecule has 0 aliphatic heterocycles. The van der Waals surface area contributed by atoms with Crippen LogP contribution < -0.4 is 5.32 Å². The quantitative estimate of drug-likeness (QED) is 0.739. The summed E-state index contributed by atoms with van der Waals surface area (Å²) >= 11 is 0. The number of likely N-dealkylation sites (N-methyl/N-ethyl adjacent to an activating group) is 1. The van der Waals surface area contributed by atoms with Gasteiger partial charge < -0.3 is 10.4 Å². The van der Waals surface area contributed by atoms with E-state index in [0.29, 0.717) is 0 Å². The van der Waals surface area contributed by atoms with Gasteiger partial charge in [0.05, 0.1) is 6.10 Å². The Balaban J connectivity index is 2.77. The van der Waals surface area contributed by atoms with Crippen molar-refractivity contribution in [3.63, 3.8) is 0 Å². The zero-order valence-electron chi connectivity index (χ0n) is 8.41. The van der Waals surface area contributed by atoms with Gasteiger partial charge in [-0.25, -0.2) is 0 Å². The number of aliphatic hydroxyl groups excluding tert-OH is 1. The van der Waals surface area contributed by atoms with Gasteiger partial charge in [-0.1, -0.05) is 29.8 Å². The Kier molecular flexibility index (Phi) is 3.46. The highest BCUT2D eigenvalue weighted by Crippen LogP contribution is 2.16. The van der Waals surface area contributed by atoms with Crippen molar-refractivity contribution >= 4 is 0 Å². The van der Waals surface area contributed by atoms with E-state index >= 15 is 0 Å². The van der Waals surface area contributed by atoms with E-state index in [1.807, 2.05) is 45.2 Å². The molecule has 2 unspecified atom stereocenters. The van der Waals surface area contributed by atoms with Crippen LogP contribution in [0.1, 0.15) is 24.2 Å². The van der Waals surface area contributed by atoms with Crippen LogP contribution in [0.25, 0.3) is 0 Å². The second kappa shape index (κ2) is 4.40. The van der Waals surface area contributed by atoms with Crippen LogP contribution in [0, 0.1) is 6.92 Å². The number of rotatable bonds is 3. The predicted molar refractivity (Wildman–Crippen MR) is 54.7 cm³/mol. The van der Waals surface area contributed by atoms with Gasteiger partial charge in [-0.3, -0.25) is 0 Å². The summed E-state index contributed by atoms with van der Waals surface area (Å²) in [6.45, 7) is 4.00. The SMILES string of the molecule is CNC(C)C(O)c1ccc(C)cc1. The van der Waals surface area contributed by atoms with E-state index in [1.54, 1.807) is 0 Å². The summed E-state index contributed by atoms with van der Waals surface area (Å²) in [6, 6.07) is 8.05. The summed E-state index contributed by atoms with van der Waals surface area (Å²) in [4.78, 5) is 0. The molecule has 0 saturated heterocycles. The molecule has 0 bridgehead atoms. The zero-order valence-corrected chi connectivity index (χ0v) is 8.41. The smallest absolute Gasteiger partial charge is 0.0940 e. The van der Waals surface area contributed by atoms with Crippen molar-refractivity contribution in [3.05, 3.63) is 35.4 Å². The highest BCUT2D eigenvalue weighted by atomic mass is 16.3. The van der Waals surface area contributed by atoms with Gasteiger partial charge in [0, 0.05) is 6.04 Å². The summed E-state index contributed by atoms with van der Waals surface area (Å²) in [5, 5.41) is 12.8. The minimum absolute atomic E-state index is 0.0858. The fraction of sp³-hybridized carbons (Fsp3) is 0.455. The van der Waals surface area contributed by atoms with E-state index in [-0.39, 0.29) is 6.04 Å². The summed E-state index contributed by atoms with van der Waals surface area (Å²) < 4.78 is 0. The normalized spacial score (nSPS) is 15.4. The molecule has 0 spiro atoms. The van der Waals surface area contributed by atoms with Gasteiger partial charge in [-0.2, -0.15) is 0 Å². The van der Waals surface area contributed by atoms with Crippen molar-refractivity contribution in [1.82, 2.24) is 5.32 Å². The Bertz CT molecular complexity index is 255. The number of hydrogen-bond donors (Lipinski definition) is 2. The Labute approximate surface area is 79.6 Å². The summed E-state index contributed by atoms with van der Waals surface area (Å²) in [6.07, 6.45) is -0.425. The van der Waals surface area contributed by atoms with E-state index in [9.17, 15) is 5.11 Å². The predicted octanol–water partition coefficient (Wildman–Crippen LogP) is 1.64. The van der Waals surface area contributed by atoms with Crippen LogP contribution in [0.15, 0.2) is 24.3 Å². The van der Waals surface area contributed by atoms with Crippen molar-refractivity contribution in [3.8, 4) is 0 Å². The second-order valence-corrected chi connectivity index (χ2v) is 3.43. The van der Waals surface area contributed by atoms with Crippen LogP contribution in [0.4, 0.5) is 0 Å². The molecule has 0 amide bonds.